The van der Waals surface area contributed by atoms with Crippen LogP contribution in [0.15, 0.2) is 76.4 Å². The molecule has 0 radical (unpaired) electrons. The smallest absolute Gasteiger partial charge is 0.314 e. The van der Waals surface area contributed by atoms with Crippen LogP contribution in [-0.4, -0.2) is 21.7 Å². The summed E-state index contributed by atoms with van der Waals surface area (Å²) < 4.78 is 3.01. The predicted molar refractivity (Wildman–Crippen MR) is 130 cm³/mol. The fourth-order valence-corrected chi connectivity index (χ4v) is 4.53. The first kappa shape index (κ1) is 22.8. The topological polar surface area (TPSA) is 79.8 Å². The minimum atomic E-state index is -0.280. The Labute approximate surface area is 194 Å². The molecule has 0 aliphatic heterocycles. The monoisotopic (exact) mass is 442 g/mol. The highest BCUT2D eigenvalue weighted by atomic mass is 16.2. The molecule has 0 saturated heterocycles. The number of hydrogen-bond acceptors (Lipinski definition) is 4. The minimum Gasteiger partial charge on any atom is -0.314 e. The minimum absolute atomic E-state index is 0.186. The molecular formula is C27H30N4O2. The van der Waals surface area contributed by atoms with Crippen molar-refractivity contribution in [3.8, 4) is 17.2 Å². The quantitative estimate of drug-likeness (QED) is 0.539. The van der Waals surface area contributed by atoms with Gasteiger partial charge in [-0.3, -0.25) is 13.9 Å². The molecule has 1 N–H and O–H groups in total. The molecule has 33 heavy (non-hydrogen) atoms. The van der Waals surface area contributed by atoms with Crippen molar-refractivity contribution in [3.05, 3.63) is 93.3 Å². The molecule has 1 aliphatic rings. The third kappa shape index (κ3) is 5.68. The fourth-order valence-electron chi connectivity index (χ4n) is 4.53. The summed E-state index contributed by atoms with van der Waals surface area (Å²) in [4.78, 5) is 26.5. The molecule has 0 bridgehead atoms. The maximum atomic E-state index is 13.3. The molecule has 0 unspecified atom stereocenters. The van der Waals surface area contributed by atoms with E-state index >= 15 is 0 Å². The molecule has 1 saturated carbocycles. The van der Waals surface area contributed by atoms with Crippen LogP contribution >= 0.6 is 0 Å². The molecule has 1 heterocycles. The first-order valence-corrected chi connectivity index (χ1v) is 11.7. The molecule has 0 amide bonds. The standard InChI is InChI=1S/C27H30N4O2/c28-18-21-12-14-24(15-13-21)29-16-7-17-31-26(32)25(23-10-5-2-6-11-23)20-30(27(31)33)19-22-8-3-1-4-9-22/h1-6,8-11,20-21,24,29H,7,12-17,19H2. The van der Waals surface area contributed by atoms with Crippen LogP contribution in [0.3, 0.4) is 0 Å². The maximum absolute atomic E-state index is 13.3. The molecule has 6 nitrogen and oxygen atoms in total. The Hall–Kier alpha value is -3.43. The molecule has 0 atom stereocenters. The van der Waals surface area contributed by atoms with Gasteiger partial charge in [-0.15, -0.1) is 0 Å². The lowest BCUT2D eigenvalue weighted by molar-refractivity contribution is 0.329. The molecule has 0 spiro atoms. The van der Waals surface area contributed by atoms with Crippen LogP contribution in [0.25, 0.3) is 11.1 Å². The van der Waals surface area contributed by atoms with Gasteiger partial charge in [-0.25, -0.2) is 4.79 Å². The summed E-state index contributed by atoms with van der Waals surface area (Å²) in [5, 5.41) is 12.6. The van der Waals surface area contributed by atoms with E-state index in [1.54, 1.807) is 10.8 Å². The number of aromatic nitrogens is 2. The Bertz CT molecular complexity index is 1200. The van der Waals surface area contributed by atoms with E-state index in [-0.39, 0.29) is 17.2 Å². The van der Waals surface area contributed by atoms with E-state index in [0.29, 0.717) is 31.1 Å². The van der Waals surface area contributed by atoms with Crippen molar-refractivity contribution in [2.45, 2.75) is 51.2 Å². The second kappa shape index (κ2) is 10.9. The Balaban J connectivity index is 1.52. The van der Waals surface area contributed by atoms with Crippen molar-refractivity contribution in [2.24, 2.45) is 5.92 Å². The van der Waals surface area contributed by atoms with E-state index in [1.165, 1.54) is 4.57 Å². The van der Waals surface area contributed by atoms with Crippen molar-refractivity contribution >= 4 is 0 Å². The highest BCUT2D eigenvalue weighted by molar-refractivity contribution is 5.61. The molecule has 1 aromatic heterocycles. The number of nitriles is 1. The van der Waals surface area contributed by atoms with E-state index < -0.39 is 0 Å². The van der Waals surface area contributed by atoms with Crippen molar-refractivity contribution < 1.29 is 0 Å². The third-order valence-corrected chi connectivity index (χ3v) is 6.42. The number of rotatable bonds is 8. The largest absolute Gasteiger partial charge is 0.331 e. The number of hydrogen-bond donors (Lipinski definition) is 1. The second-order valence-electron chi connectivity index (χ2n) is 8.75. The van der Waals surface area contributed by atoms with Gasteiger partial charge >= 0.3 is 5.69 Å². The van der Waals surface area contributed by atoms with E-state index in [2.05, 4.69) is 11.4 Å². The summed E-state index contributed by atoms with van der Waals surface area (Å²) in [7, 11) is 0. The molecule has 170 valence electrons. The zero-order valence-corrected chi connectivity index (χ0v) is 18.8. The molecule has 1 fully saturated rings. The number of benzene rings is 2. The van der Waals surface area contributed by atoms with Gasteiger partial charge in [0, 0.05) is 24.7 Å². The highest BCUT2D eigenvalue weighted by Crippen LogP contribution is 2.23. The van der Waals surface area contributed by atoms with E-state index in [9.17, 15) is 9.59 Å². The SMILES string of the molecule is N#CC1CCC(NCCCn2c(=O)c(-c3ccccc3)cn(Cc3ccccc3)c2=O)CC1. The highest BCUT2D eigenvalue weighted by Gasteiger charge is 2.20. The first-order valence-electron chi connectivity index (χ1n) is 11.7. The molecule has 4 rings (SSSR count). The lowest BCUT2D eigenvalue weighted by Gasteiger charge is -2.25. The summed E-state index contributed by atoms with van der Waals surface area (Å²) >= 11 is 0. The summed E-state index contributed by atoms with van der Waals surface area (Å²) in [5.74, 6) is 0.186. The van der Waals surface area contributed by atoms with Crippen LogP contribution < -0.4 is 16.6 Å². The summed E-state index contributed by atoms with van der Waals surface area (Å²) in [5.41, 5.74) is 1.83. The van der Waals surface area contributed by atoms with Gasteiger partial charge in [0.2, 0.25) is 0 Å². The van der Waals surface area contributed by atoms with Gasteiger partial charge in [-0.2, -0.15) is 5.26 Å². The molecular weight excluding hydrogens is 412 g/mol. The zero-order valence-electron chi connectivity index (χ0n) is 18.8. The second-order valence-corrected chi connectivity index (χ2v) is 8.75. The van der Waals surface area contributed by atoms with Gasteiger partial charge < -0.3 is 5.32 Å². The normalized spacial score (nSPS) is 18.0. The van der Waals surface area contributed by atoms with Crippen LogP contribution in [0.5, 0.6) is 0 Å². The van der Waals surface area contributed by atoms with Crippen molar-refractivity contribution in [1.82, 2.24) is 14.5 Å². The Kier molecular flexibility index (Phi) is 7.54. The zero-order chi connectivity index (χ0) is 23.0. The summed E-state index contributed by atoms with van der Waals surface area (Å²) in [6.07, 6.45) is 6.28. The Morgan fingerprint density at radius 3 is 2.27 bits per heavy atom. The average molecular weight is 443 g/mol. The molecule has 3 aromatic rings. The lowest BCUT2D eigenvalue weighted by atomic mass is 9.87. The Morgan fingerprint density at radius 1 is 0.939 bits per heavy atom. The van der Waals surface area contributed by atoms with Crippen LogP contribution in [-0.2, 0) is 13.1 Å². The van der Waals surface area contributed by atoms with E-state index in [1.807, 2.05) is 60.7 Å². The maximum Gasteiger partial charge on any atom is 0.331 e. The molecule has 2 aromatic carbocycles. The van der Waals surface area contributed by atoms with Gasteiger partial charge in [-0.05, 0) is 49.8 Å². The van der Waals surface area contributed by atoms with Gasteiger partial charge in [0.05, 0.1) is 18.2 Å². The van der Waals surface area contributed by atoms with Crippen LogP contribution in [0.4, 0.5) is 0 Å². The van der Waals surface area contributed by atoms with E-state index in [4.69, 9.17) is 5.26 Å². The predicted octanol–water partition coefficient (Wildman–Crippen LogP) is 3.79. The van der Waals surface area contributed by atoms with Gasteiger partial charge in [-0.1, -0.05) is 60.7 Å². The molecule has 1 aliphatic carbocycles. The van der Waals surface area contributed by atoms with Crippen LogP contribution in [0.1, 0.15) is 37.7 Å². The Morgan fingerprint density at radius 2 is 1.61 bits per heavy atom. The van der Waals surface area contributed by atoms with Crippen molar-refractivity contribution in [2.75, 3.05) is 6.54 Å². The third-order valence-electron chi connectivity index (χ3n) is 6.42. The van der Waals surface area contributed by atoms with Gasteiger partial charge in [0.1, 0.15) is 0 Å². The summed E-state index contributed by atoms with van der Waals surface area (Å²) in [6, 6.07) is 22.1. The number of nitrogens with zero attached hydrogens (tertiary/aromatic N) is 3. The number of nitrogens with one attached hydrogen (secondary N) is 1. The fraction of sp³-hybridized carbons (Fsp3) is 0.370. The summed E-state index contributed by atoms with van der Waals surface area (Å²) in [6.45, 7) is 1.52. The van der Waals surface area contributed by atoms with Crippen LogP contribution in [0.2, 0.25) is 0 Å². The van der Waals surface area contributed by atoms with Crippen molar-refractivity contribution in [3.63, 3.8) is 0 Å². The molecule has 6 heteroatoms. The van der Waals surface area contributed by atoms with Crippen LogP contribution in [0, 0.1) is 17.2 Å². The first-order chi connectivity index (χ1) is 16.2. The van der Waals surface area contributed by atoms with Gasteiger partial charge in [0.15, 0.2) is 0 Å². The van der Waals surface area contributed by atoms with Gasteiger partial charge in [0.25, 0.3) is 5.56 Å². The lowest BCUT2D eigenvalue weighted by Crippen LogP contribution is -2.41. The average Bonchev–Trinajstić information content (AvgIpc) is 2.86. The van der Waals surface area contributed by atoms with E-state index in [0.717, 1.165) is 43.4 Å². The van der Waals surface area contributed by atoms with Crippen molar-refractivity contribution in [1.29, 1.82) is 5.26 Å².